The van der Waals surface area contributed by atoms with Crippen molar-refractivity contribution in [1.82, 2.24) is 9.62 Å². The smallest absolute Gasteiger partial charge is 0.241 e. The Labute approximate surface area is 174 Å². The molecule has 0 saturated heterocycles. The summed E-state index contributed by atoms with van der Waals surface area (Å²) in [6.07, 6.45) is 0. The predicted molar refractivity (Wildman–Crippen MR) is 114 cm³/mol. The number of carbonyl (C=O) groups is 1. The highest BCUT2D eigenvalue weighted by Crippen LogP contribution is 2.26. The number of halogens is 1. The molecule has 1 N–H and O–H groups in total. The number of benzene rings is 1. The maximum atomic E-state index is 13.0. The van der Waals surface area contributed by atoms with Gasteiger partial charge in [-0.1, -0.05) is 6.07 Å². The van der Waals surface area contributed by atoms with E-state index in [1.165, 1.54) is 4.90 Å². The van der Waals surface area contributed by atoms with Crippen LogP contribution in [0.3, 0.4) is 0 Å². The molecule has 1 atom stereocenters. The number of carbonyl (C=O) groups excluding carboxylic acids is 1. The zero-order chi connectivity index (χ0) is 20.5. The van der Waals surface area contributed by atoms with E-state index in [1.807, 2.05) is 32.0 Å². The molecule has 5 nitrogen and oxygen atoms in total. The van der Waals surface area contributed by atoms with E-state index in [4.69, 9.17) is 0 Å². The lowest BCUT2D eigenvalue weighted by Gasteiger charge is -2.23. The zero-order valence-electron chi connectivity index (χ0n) is 16.4. The molecule has 0 aliphatic heterocycles. The van der Waals surface area contributed by atoms with E-state index in [-0.39, 0.29) is 10.8 Å². The highest BCUT2D eigenvalue weighted by atomic mass is 79.9. The van der Waals surface area contributed by atoms with Crippen LogP contribution in [0.1, 0.15) is 34.1 Å². The van der Waals surface area contributed by atoms with Crippen molar-refractivity contribution < 1.29 is 13.2 Å². The second-order valence-corrected chi connectivity index (χ2v) is 11.0. The Morgan fingerprint density at radius 1 is 1.19 bits per heavy atom. The molecule has 0 saturated carbocycles. The predicted octanol–water partition coefficient (Wildman–Crippen LogP) is 4.07. The third kappa shape index (κ3) is 4.99. The Bertz CT molecular complexity index is 941. The average Bonchev–Trinajstić information content (AvgIpc) is 2.96. The molecule has 1 aromatic carbocycles. The van der Waals surface area contributed by atoms with Crippen LogP contribution in [0.15, 0.2) is 26.9 Å². The van der Waals surface area contributed by atoms with E-state index in [0.717, 1.165) is 19.8 Å². The van der Waals surface area contributed by atoms with E-state index < -0.39 is 16.1 Å². The van der Waals surface area contributed by atoms with Gasteiger partial charge >= 0.3 is 0 Å². The van der Waals surface area contributed by atoms with Crippen LogP contribution < -0.4 is 4.72 Å². The molecule has 0 spiro atoms. The largest absolute Gasteiger partial charge is 0.339 e. The summed E-state index contributed by atoms with van der Waals surface area (Å²) in [6, 6.07) is 4.99. The van der Waals surface area contributed by atoms with Crippen molar-refractivity contribution in [2.75, 3.05) is 7.05 Å². The third-order valence-electron chi connectivity index (χ3n) is 4.67. The Balaban J connectivity index is 2.21. The van der Waals surface area contributed by atoms with E-state index >= 15 is 0 Å². The molecular weight excluding hydrogens is 448 g/mol. The van der Waals surface area contributed by atoms with Gasteiger partial charge in [-0.05, 0) is 84.9 Å². The molecule has 2 aromatic rings. The average molecular weight is 473 g/mol. The fourth-order valence-electron chi connectivity index (χ4n) is 3.00. The normalized spacial score (nSPS) is 12.9. The number of sulfonamides is 1. The van der Waals surface area contributed by atoms with Crippen molar-refractivity contribution in [3.05, 3.63) is 49.1 Å². The lowest BCUT2D eigenvalue weighted by atomic mass is 10.0. The first-order valence-corrected chi connectivity index (χ1v) is 11.6. The number of hydrogen-bond donors (Lipinski definition) is 1. The van der Waals surface area contributed by atoms with Crippen LogP contribution in [0.5, 0.6) is 0 Å². The lowest BCUT2D eigenvalue weighted by molar-refractivity contribution is -0.131. The van der Waals surface area contributed by atoms with E-state index in [0.29, 0.717) is 17.7 Å². The standard InChI is InChI=1S/C19H25BrN2O3S2/c1-11-9-12(2)14(4)18(13(11)3)27(24,25)21-15(5)19(23)22(6)10-16-7-8-17(20)26-16/h7-9,15,21H,10H2,1-6H3/t15-/m1/s1. The maximum Gasteiger partial charge on any atom is 0.241 e. The van der Waals surface area contributed by atoms with E-state index in [2.05, 4.69) is 20.7 Å². The molecule has 0 fully saturated rings. The number of nitrogens with zero attached hydrogens (tertiary/aromatic N) is 1. The number of hydrogen-bond acceptors (Lipinski definition) is 4. The van der Waals surface area contributed by atoms with Gasteiger partial charge in [0.05, 0.1) is 21.3 Å². The summed E-state index contributed by atoms with van der Waals surface area (Å²) in [6.45, 7) is 9.38. The first kappa shape index (κ1) is 22.1. The van der Waals surface area contributed by atoms with Gasteiger partial charge < -0.3 is 4.90 Å². The van der Waals surface area contributed by atoms with Crippen molar-refractivity contribution in [2.24, 2.45) is 0 Å². The highest BCUT2D eigenvalue weighted by Gasteiger charge is 2.28. The minimum absolute atomic E-state index is 0.268. The van der Waals surface area contributed by atoms with Crippen LogP contribution in [-0.2, 0) is 21.4 Å². The monoisotopic (exact) mass is 472 g/mol. The molecule has 1 aromatic heterocycles. The number of thiophene rings is 1. The van der Waals surface area contributed by atoms with Crippen molar-refractivity contribution >= 4 is 43.2 Å². The van der Waals surface area contributed by atoms with Crippen LogP contribution in [0.4, 0.5) is 0 Å². The first-order valence-electron chi connectivity index (χ1n) is 8.53. The van der Waals surface area contributed by atoms with Crippen LogP contribution in [0.2, 0.25) is 0 Å². The van der Waals surface area contributed by atoms with Crippen LogP contribution in [-0.4, -0.2) is 32.3 Å². The quantitative estimate of drug-likeness (QED) is 0.688. The van der Waals surface area contributed by atoms with Crippen LogP contribution in [0, 0.1) is 27.7 Å². The van der Waals surface area contributed by atoms with Gasteiger partial charge in [0.25, 0.3) is 0 Å². The summed E-state index contributed by atoms with van der Waals surface area (Å²) in [5.41, 5.74) is 3.25. The summed E-state index contributed by atoms with van der Waals surface area (Å²) < 4.78 is 29.5. The molecule has 148 valence electrons. The molecule has 27 heavy (non-hydrogen) atoms. The summed E-state index contributed by atoms with van der Waals surface area (Å²) in [7, 11) is -2.14. The number of aryl methyl sites for hydroxylation is 2. The van der Waals surface area contributed by atoms with Crippen LogP contribution in [0.25, 0.3) is 0 Å². The summed E-state index contributed by atoms with van der Waals surface area (Å²) in [4.78, 5) is 15.5. The Morgan fingerprint density at radius 2 is 1.74 bits per heavy atom. The maximum absolute atomic E-state index is 13.0. The van der Waals surface area contributed by atoms with Gasteiger partial charge in [0.1, 0.15) is 0 Å². The molecule has 1 amide bonds. The van der Waals surface area contributed by atoms with Crippen molar-refractivity contribution in [3.63, 3.8) is 0 Å². The topological polar surface area (TPSA) is 66.5 Å². The van der Waals surface area contributed by atoms with Crippen molar-refractivity contribution in [3.8, 4) is 0 Å². The minimum atomic E-state index is -3.82. The highest BCUT2D eigenvalue weighted by molar-refractivity contribution is 9.11. The zero-order valence-corrected chi connectivity index (χ0v) is 19.6. The van der Waals surface area contributed by atoms with E-state index in [9.17, 15) is 13.2 Å². The minimum Gasteiger partial charge on any atom is -0.339 e. The summed E-state index contributed by atoms with van der Waals surface area (Å²) in [5, 5.41) is 0. The second-order valence-electron chi connectivity index (χ2n) is 6.83. The van der Waals surface area contributed by atoms with E-state index in [1.54, 1.807) is 39.2 Å². The first-order chi connectivity index (χ1) is 12.4. The summed E-state index contributed by atoms with van der Waals surface area (Å²) >= 11 is 4.95. The van der Waals surface area contributed by atoms with Gasteiger partial charge in [0, 0.05) is 11.9 Å². The SMILES string of the molecule is Cc1cc(C)c(C)c(S(=O)(=O)N[C@H](C)C(=O)N(C)Cc2ccc(Br)s2)c1C. The van der Waals surface area contributed by atoms with Gasteiger partial charge in [-0.15, -0.1) is 11.3 Å². The number of rotatable bonds is 6. The Kier molecular flexibility index (Phi) is 6.89. The van der Waals surface area contributed by atoms with Crippen LogP contribution >= 0.6 is 27.3 Å². The fraction of sp³-hybridized carbons (Fsp3) is 0.421. The van der Waals surface area contributed by atoms with Crippen molar-refractivity contribution in [1.29, 1.82) is 0 Å². The van der Waals surface area contributed by atoms with Gasteiger partial charge in [-0.25, -0.2) is 8.42 Å². The second kappa shape index (κ2) is 8.43. The molecule has 8 heteroatoms. The van der Waals surface area contributed by atoms with Gasteiger partial charge in [-0.2, -0.15) is 4.72 Å². The molecule has 0 aliphatic carbocycles. The fourth-order valence-corrected chi connectivity index (χ4v) is 6.35. The van der Waals surface area contributed by atoms with Gasteiger partial charge in [0.15, 0.2) is 0 Å². The molecule has 0 unspecified atom stereocenters. The number of nitrogens with one attached hydrogen (secondary N) is 1. The number of likely N-dealkylation sites (N-methyl/N-ethyl adjacent to an activating group) is 1. The lowest BCUT2D eigenvalue weighted by Crippen LogP contribution is -2.45. The summed E-state index contributed by atoms with van der Waals surface area (Å²) in [5.74, 6) is -0.275. The molecule has 0 aliphatic rings. The van der Waals surface area contributed by atoms with Gasteiger partial charge in [0.2, 0.25) is 15.9 Å². The molecule has 0 bridgehead atoms. The third-order valence-corrected chi connectivity index (χ3v) is 8.09. The molecule has 1 heterocycles. The molecule has 0 radical (unpaired) electrons. The number of amides is 1. The Hall–Kier alpha value is -1.22. The van der Waals surface area contributed by atoms with Crippen molar-refractivity contribution in [2.45, 2.75) is 52.1 Å². The molecular formula is C19H25BrN2O3S2. The molecule has 2 rings (SSSR count). The van der Waals surface area contributed by atoms with Gasteiger partial charge in [-0.3, -0.25) is 4.79 Å². The Morgan fingerprint density at radius 3 is 2.22 bits per heavy atom.